The van der Waals surface area contributed by atoms with Gasteiger partial charge in [0.25, 0.3) is 0 Å². The smallest absolute Gasteiger partial charge is 0.203 e. The standard InChI is InChI=1S/C25H28O4/c1-27-23-15-21(16-24(28-2)25(23)29-3)22-12-8-7-11-20(22)14-19(17-26)13-18-9-5-4-6-10-18/h4-12,15-16,19,26H,13-14,17H2,1-3H3. The summed E-state index contributed by atoms with van der Waals surface area (Å²) in [5, 5.41) is 9.99. The van der Waals surface area contributed by atoms with Gasteiger partial charge in [0.1, 0.15) is 0 Å². The highest BCUT2D eigenvalue weighted by Crippen LogP contribution is 2.42. The summed E-state index contributed by atoms with van der Waals surface area (Å²) in [5.74, 6) is 1.97. The zero-order chi connectivity index (χ0) is 20.6. The van der Waals surface area contributed by atoms with Crippen molar-refractivity contribution in [1.29, 1.82) is 0 Å². The molecule has 0 heterocycles. The van der Waals surface area contributed by atoms with Crippen LogP contribution in [-0.2, 0) is 12.8 Å². The lowest BCUT2D eigenvalue weighted by Gasteiger charge is -2.19. The van der Waals surface area contributed by atoms with Crippen LogP contribution in [0.5, 0.6) is 17.2 Å². The number of hydrogen-bond donors (Lipinski definition) is 1. The van der Waals surface area contributed by atoms with E-state index in [0.717, 1.165) is 24.0 Å². The third kappa shape index (κ3) is 4.90. The number of ether oxygens (including phenoxy) is 3. The maximum atomic E-state index is 9.99. The van der Waals surface area contributed by atoms with Gasteiger partial charge in [-0.1, -0.05) is 54.6 Å². The minimum atomic E-state index is 0.137. The van der Waals surface area contributed by atoms with Gasteiger partial charge in [0.05, 0.1) is 21.3 Å². The molecule has 152 valence electrons. The highest BCUT2D eigenvalue weighted by Gasteiger charge is 2.17. The first-order chi connectivity index (χ1) is 14.2. The Labute approximate surface area is 172 Å². The third-order valence-electron chi connectivity index (χ3n) is 5.13. The molecule has 1 N–H and O–H groups in total. The van der Waals surface area contributed by atoms with Gasteiger partial charge >= 0.3 is 0 Å². The number of aliphatic hydroxyl groups is 1. The lowest BCUT2D eigenvalue weighted by Crippen LogP contribution is -2.13. The Balaban J connectivity index is 1.94. The molecule has 29 heavy (non-hydrogen) atoms. The van der Waals surface area contributed by atoms with Crippen molar-refractivity contribution in [2.75, 3.05) is 27.9 Å². The molecule has 3 aromatic carbocycles. The van der Waals surface area contributed by atoms with E-state index in [1.165, 1.54) is 11.1 Å². The van der Waals surface area contributed by atoms with E-state index in [4.69, 9.17) is 14.2 Å². The van der Waals surface area contributed by atoms with Crippen molar-refractivity contribution in [3.63, 3.8) is 0 Å². The van der Waals surface area contributed by atoms with E-state index in [2.05, 4.69) is 24.3 Å². The topological polar surface area (TPSA) is 47.9 Å². The highest BCUT2D eigenvalue weighted by atomic mass is 16.5. The van der Waals surface area contributed by atoms with Gasteiger partial charge in [-0.3, -0.25) is 0 Å². The lowest BCUT2D eigenvalue weighted by atomic mass is 9.89. The minimum Gasteiger partial charge on any atom is -0.493 e. The lowest BCUT2D eigenvalue weighted by molar-refractivity contribution is 0.225. The van der Waals surface area contributed by atoms with E-state index in [1.807, 2.05) is 42.5 Å². The Morgan fingerprint density at radius 2 is 1.38 bits per heavy atom. The van der Waals surface area contributed by atoms with Crippen LogP contribution >= 0.6 is 0 Å². The molecule has 0 amide bonds. The molecule has 0 saturated carbocycles. The van der Waals surface area contributed by atoms with Crippen molar-refractivity contribution in [2.45, 2.75) is 12.8 Å². The van der Waals surface area contributed by atoms with Crippen LogP contribution in [0.1, 0.15) is 11.1 Å². The first-order valence-corrected chi connectivity index (χ1v) is 9.73. The van der Waals surface area contributed by atoms with Gasteiger partial charge in [0.2, 0.25) is 5.75 Å². The van der Waals surface area contributed by atoms with Gasteiger partial charge in [-0.2, -0.15) is 0 Å². The molecular weight excluding hydrogens is 364 g/mol. The quantitative estimate of drug-likeness (QED) is 0.570. The van der Waals surface area contributed by atoms with Gasteiger partial charge in [0, 0.05) is 6.61 Å². The zero-order valence-corrected chi connectivity index (χ0v) is 17.2. The van der Waals surface area contributed by atoms with E-state index in [1.54, 1.807) is 21.3 Å². The van der Waals surface area contributed by atoms with Gasteiger partial charge < -0.3 is 19.3 Å². The molecule has 4 nitrogen and oxygen atoms in total. The Kier molecular flexibility index (Phi) is 7.14. The first-order valence-electron chi connectivity index (χ1n) is 9.73. The molecule has 0 spiro atoms. The minimum absolute atomic E-state index is 0.137. The molecule has 1 unspecified atom stereocenters. The van der Waals surface area contributed by atoms with Crippen molar-refractivity contribution in [1.82, 2.24) is 0 Å². The highest BCUT2D eigenvalue weighted by molar-refractivity contribution is 5.73. The molecule has 3 aromatic rings. The van der Waals surface area contributed by atoms with E-state index >= 15 is 0 Å². The summed E-state index contributed by atoms with van der Waals surface area (Å²) in [6.07, 6.45) is 1.61. The van der Waals surface area contributed by atoms with Gasteiger partial charge in [-0.15, -0.1) is 0 Å². The van der Waals surface area contributed by atoms with Crippen LogP contribution < -0.4 is 14.2 Å². The van der Waals surface area contributed by atoms with Gasteiger partial charge in [0.15, 0.2) is 11.5 Å². The molecule has 0 aliphatic carbocycles. The average Bonchev–Trinajstić information content (AvgIpc) is 2.78. The summed E-state index contributed by atoms with van der Waals surface area (Å²) in [7, 11) is 4.84. The Bertz CT molecular complexity index is 896. The Morgan fingerprint density at radius 1 is 0.759 bits per heavy atom. The van der Waals surface area contributed by atoms with Crippen LogP contribution in [0.3, 0.4) is 0 Å². The summed E-state index contributed by atoms with van der Waals surface area (Å²) in [6.45, 7) is 0.137. The number of hydrogen-bond acceptors (Lipinski definition) is 4. The second-order valence-corrected chi connectivity index (χ2v) is 7.01. The first kappa shape index (κ1) is 20.7. The van der Waals surface area contributed by atoms with E-state index < -0.39 is 0 Å². The molecule has 0 fully saturated rings. The summed E-state index contributed by atoms with van der Waals surface area (Å²) in [5.41, 5.74) is 4.50. The fraction of sp³-hybridized carbons (Fsp3) is 0.280. The molecule has 0 aromatic heterocycles. The van der Waals surface area contributed by atoms with Crippen LogP contribution in [0.4, 0.5) is 0 Å². The van der Waals surface area contributed by atoms with Crippen molar-refractivity contribution < 1.29 is 19.3 Å². The van der Waals surface area contributed by atoms with Crippen LogP contribution in [0.2, 0.25) is 0 Å². The fourth-order valence-electron chi connectivity index (χ4n) is 3.68. The number of rotatable bonds is 9. The molecule has 1 atom stereocenters. The normalized spacial score (nSPS) is 11.7. The predicted molar refractivity (Wildman–Crippen MR) is 116 cm³/mol. The Morgan fingerprint density at radius 3 is 1.97 bits per heavy atom. The molecule has 0 aliphatic rings. The van der Waals surface area contributed by atoms with E-state index in [-0.39, 0.29) is 12.5 Å². The zero-order valence-electron chi connectivity index (χ0n) is 17.2. The largest absolute Gasteiger partial charge is 0.493 e. The van der Waals surface area contributed by atoms with Crippen molar-refractivity contribution in [3.05, 3.63) is 77.9 Å². The van der Waals surface area contributed by atoms with Crippen LogP contribution in [0.25, 0.3) is 11.1 Å². The van der Waals surface area contributed by atoms with Gasteiger partial charge in [-0.25, -0.2) is 0 Å². The summed E-state index contributed by atoms with van der Waals surface area (Å²) in [6, 6.07) is 22.5. The molecule has 0 radical (unpaired) electrons. The molecule has 0 bridgehead atoms. The molecule has 3 rings (SSSR count). The molecule has 0 saturated heterocycles. The fourth-order valence-corrected chi connectivity index (χ4v) is 3.68. The summed E-state index contributed by atoms with van der Waals surface area (Å²) >= 11 is 0. The number of methoxy groups -OCH3 is 3. The van der Waals surface area contributed by atoms with Crippen LogP contribution in [0, 0.1) is 5.92 Å². The molecule has 4 heteroatoms. The monoisotopic (exact) mass is 392 g/mol. The van der Waals surface area contributed by atoms with Gasteiger partial charge in [-0.05, 0) is 53.1 Å². The van der Waals surface area contributed by atoms with E-state index in [9.17, 15) is 5.11 Å². The van der Waals surface area contributed by atoms with Crippen LogP contribution in [-0.4, -0.2) is 33.0 Å². The molecule has 0 aliphatic heterocycles. The number of aliphatic hydroxyl groups excluding tert-OH is 1. The molecular formula is C25H28O4. The maximum absolute atomic E-state index is 9.99. The number of benzene rings is 3. The SMILES string of the molecule is COc1cc(-c2ccccc2CC(CO)Cc2ccccc2)cc(OC)c1OC. The second-order valence-electron chi connectivity index (χ2n) is 7.01. The average molecular weight is 392 g/mol. The Hall–Kier alpha value is -2.98. The van der Waals surface area contributed by atoms with E-state index in [0.29, 0.717) is 17.2 Å². The van der Waals surface area contributed by atoms with Crippen molar-refractivity contribution >= 4 is 0 Å². The maximum Gasteiger partial charge on any atom is 0.203 e. The van der Waals surface area contributed by atoms with Crippen molar-refractivity contribution in [2.24, 2.45) is 5.92 Å². The summed E-state index contributed by atoms with van der Waals surface area (Å²) in [4.78, 5) is 0. The predicted octanol–water partition coefficient (Wildman–Crippen LogP) is 4.77. The second kappa shape index (κ2) is 9.99. The third-order valence-corrected chi connectivity index (χ3v) is 5.13. The summed E-state index contributed by atoms with van der Waals surface area (Å²) < 4.78 is 16.5. The van der Waals surface area contributed by atoms with Crippen LogP contribution in [0.15, 0.2) is 66.7 Å². The van der Waals surface area contributed by atoms with Crippen molar-refractivity contribution in [3.8, 4) is 28.4 Å².